The summed E-state index contributed by atoms with van der Waals surface area (Å²) in [5, 5.41) is 0.536. The smallest absolute Gasteiger partial charge is 0.263 e. The van der Waals surface area contributed by atoms with E-state index in [9.17, 15) is 8.42 Å². The molecule has 100 valence electrons. The Kier molecular flexibility index (Phi) is 4.26. The third-order valence-electron chi connectivity index (χ3n) is 2.32. The van der Waals surface area contributed by atoms with Gasteiger partial charge in [-0.15, -0.1) is 0 Å². The van der Waals surface area contributed by atoms with Crippen LogP contribution in [0.25, 0.3) is 0 Å². The van der Waals surface area contributed by atoms with E-state index in [2.05, 4.69) is 4.72 Å². The molecule has 0 unspecified atom stereocenters. The summed E-state index contributed by atoms with van der Waals surface area (Å²) < 4.78 is 26.7. The van der Waals surface area contributed by atoms with Crippen LogP contribution in [0.15, 0.2) is 47.4 Å². The zero-order chi connectivity index (χ0) is 14.0. The molecule has 0 aliphatic rings. The minimum Gasteiger partial charge on any atom is -0.278 e. The van der Waals surface area contributed by atoms with Gasteiger partial charge < -0.3 is 0 Å². The number of benzene rings is 2. The summed E-state index contributed by atoms with van der Waals surface area (Å²) in [6, 6.07) is 10.8. The van der Waals surface area contributed by atoms with Crippen molar-refractivity contribution in [1.82, 2.24) is 0 Å². The van der Waals surface area contributed by atoms with E-state index >= 15 is 0 Å². The molecular weight excluding hydrogens is 329 g/mol. The normalized spacial score (nSPS) is 11.3. The SMILES string of the molecule is O=S(=O)(Nc1cccc(Cl)c1Cl)c1ccccc1Cl. The molecule has 0 aliphatic heterocycles. The van der Waals surface area contributed by atoms with Crippen molar-refractivity contribution in [3.8, 4) is 0 Å². The van der Waals surface area contributed by atoms with Crippen LogP contribution in [0.1, 0.15) is 0 Å². The van der Waals surface area contributed by atoms with Crippen LogP contribution in [0.4, 0.5) is 5.69 Å². The maximum atomic E-state index is 12.2. The molecule has 0 spiro atoms. The van der Waals surface area contributed by atoms with Crippen LogP contribution in [0, 0.1) is 0 Å². The molecule has 0 radical (unpaired) electrons. The zero-order valence-electron chi connectivity index (χ0n) is 9.40. The monoisotopic (exact) mass is 335 g/mol. The zero-order valence-corrected chi connectivity index (χ0v) is 12.5. The highest BCUT2D eigenvalue weighted by molar-refractivity contribution is 7.92. The average molecular weight is 337 g/mol. The van der Waals surface area contributed by atoms with E-state index in [1.807, 2.05) is 0 Å². The van der Waals surface area contributed by atoms with Gasteiger partial charge in [-0.2, -0.15) is 0 Å². The fourth-order valence-corrected chi connectivity index (χ4v) is 3.44. The lowest BCUT2D eigenvalue weighted by Gasteiger charge is -2.11. The van der Waals surface area contributed by atoms with E-state index in [1.165, 1.54) is 18.2 Å². The Labute approximate surface area is 126 Å². The molecule has 0 bridgehead atoms. The number of anilines is 1. The maximum Gasteiger partial charge on any atom is 0.263 e. The fourth-order valence-electron chi connectivity index (χ4n) is 1.45. The predicted octanol–water partition coefficient (Wildman–Crippen LogP) is 4.45. The first-order valence-electron chi connectivity index (χ1n) is 5.13. The third-order valence-corrected chi connectivity index (χ3v) is 5.01. The summed E-state index contributed by atoms with van der Waals surface area (Å²) in [6.07, 6.45) is 0. The molecule has 0 atom stereocenters. The van der Waals surface area contributed by atoms with Gasteiger partial charge in [-0.05, 0) is 24.3 Å². The van der Waals surface area contributed by atoms with Gasteiger partial charge in [0.15, 0.2) is 0 Å². The Morgan fingerprint density at radius 1 is 0.842 bits per heavy atom. The molecule has 19 heavy (non-hydrogen) atoms. The minimum atomic E-state index is -3.81. The molecule has 0 aliphatic carbocycles. The second kappa shape index (κ2) is 5.59. The Bertz CT molecular complexity index is 717. The molecule has 0 fully saturated rings. The predicted molar refractivity (Wildman–Crippen MR) is 78.7 cm³/mol. The third kappa shape index (κ3) is 3.15. The molecule has 7 heteroatoms. The van der Waals surface area contributed by atoms with Crippen molar-refractivity contribution in [3.63, 3.8) is 0 Å². The number of sulfonamides is 1. The van der Waals surface area contributed by atoms with Gasteiger partial charge in [0, 0.05) is 0 Å². The fraction of sp³-hybridized carbons (Fsp3) is 0. The first kappa shape index (κ1) is 14.5. The standard InChI is InChI=1S/C12H8Cl3NO2S/c13-8-4-1-2-7-11(8)19(17,18)16-10-6-3-5-9(14)12(10)15/h1-7,16H. The van der Waals surface area contributed by atoms with Crippen LogP contribution in [-0.4, -0.2) is 8.42 Å². The van der Waals surface area contributed by atoms with E-state index in [-0.39, 0.29) is 25.7 Å². The second-order valence-corrected chi connectivity index (χ2v) is 6.48. The van der Waals surface area contributed by atoms with Crippen LogP contribution in [0.2, 0.25) is 15.1 Å². The summed E-state index contributed by atoms with van der Waals surface area (Å²) in [5.41, 5.74) is 0.203. The average Bonchev–Trinajstić information content (AvgIpc) is 2.35. The van der Waals surface area contributed by atoms with Crippen molar-refractivity contribution in [2.24, 2.45) is 0 Å². The summed E-state index contributed by atoms with van der Waals surface area (Å²) in [4.78, 5) is -0.0206. The van der Waals surface area contributed by atoms with Gasteiger partial charge in [-0.1, -0.05) is 53.0 Å². The van der Waals surface area contributed by atoms with Gasteiger partial charge in [0.1, 0.15) is 4.90 Å². The van der Waals surface area contributed by atoms with Gasteiger partial charge in [-0.25, -0.2) is 8.42 Å². The van der Waals surface area contributed by atoms with Gasteiger partial charge in [0.25, 0.3) is 10.0 Å². The molecule has 0 aromatic heterocycles. The van der Waals surface area contributed by atoms with E-state index in [0.717, 1.165) is 0 Å². The Hall–Kier alpha value is -0.940. The quantitative estimate of drug-likeness (QED) is 0.900. The molecule has 2 rings (SSSR count). The van der Waals surface area contributed by atoms with E-state index < -0.39 is 10.0 Å². The Morgan fingerprint density at radius 2 is 1.47 bits per heavy atom. The molecule has 0 amide bonds. The highest BCUT2D eigenvalue weighted by Crippen LogP contribution is 2.32. The maximum absolute atomic E-state index is 12.2. The Morgan fingerprint density at radius 3 is 2.16 bits per heavy atom. The van der Waals surface area contributed by atoms with Crippen LogP contribution in [-0.2, 0) is 10.0 Å². The number of nitrogens with one attached hydrogen (secondary N) is 1. The molecule has 1 N–H and O–H groups in total. The molecule has 0 heterocycles. The molecule has 0 saturated carbocycles. The molecule has 2 aromatic rings. The van der Waals surface area contributed by atoms with Crippen LogP contribution in [0.5, 0.6) is 0 Å². The largest absolute Gasteiger partial charge is 0.278 e. The molecular formula is C12H8Cl3NO2S. The van der Waals surface area contributed by atoms with Crippen molar-refractivity contribution < 1.29 is 8.42 Å². The molecule has 3 nitrogen and oxygen atoms in total. The van der Waals surface area contributed by atoms with Gasteiger partial charge in [0.05, 0.1) is 20.8 Å². The highest BCUT2D eigenvalue weighted by Gasteiger charge is 2.19. The number of halogens is 3. The van der Waals surface area contributed by atoms with Crippen LogP contribution >= 0.6 is 34.8 Å². The lowest BCUT2D eigenvalue weighted by atomic mass is 10.3. The van der Waals surface area contributed by atoms with Gasteiger partial charge in [-0.3, -0.25) is 4.72 Å². The van der Waals surface area contributed by atoms with Gasteiger partial charge in [0.2, 0.25) is 0 Å². The highest BCUT2D eigenvalue weighted by atomic mass is 35.5. The van der Waals surface area contributed by atoms with Gasteiger partial charge >= 0.3 is 0 Å². The summed E-state index contributed by atoms with van der Waals surface area (Å²) in [6.45, 7) is 0. The van der Waals surface area contributed by atoms with Crippen molar-refractivity contribution in [2.45, 2.75) is 4.90 Å². The van der Waals surface area contributed by atoms with Crippen molar-refractivity contribution in [2.75, 3.05) is 4.72 Å². The Balaban J connectivity index is 2.43. The summed E-state index contributed by atoms with van der Waals surface area (Å²) in [7, 11) is -3.81. The van der Waals surface area contributed by atoms with Crippen LogP contribution in [0.3, 0.4) is 0 Å². The van der Waals surface area contributed by atoms with E-state index in [0.29, 0.717) is 0 Å². The lowest BCUT2D eigenvalue weighted by Crippen LogP contribution is -2.13. The second-order valence-electron chi connectivity index (χ2n) is 3.64. The summed E-state index contributed by atoms with van der Waals surface area (Å²) >= 11 is 17.6. The molecule has 0 saturated heterocycles. The first-order chi connectivity index (χ1) is 8.92. The van der Waals surface area contributed by atoms with Crippen molar-refractivity contribution in [1.29, 1.82) is 0 Å². The van der Waals surface area contributed by atoms with E-state index in [1.54, 1.807) is 24.3 Å². The first-order valence-corrected chi connectivity index (χ1v) is 7.75. The number of hydrogen-bond donors (Lipinski definition) is 1. The van der Waals surface area contributed by atoms with E-state index in [4.69, 9.17) is 34.8 Å². The molecule has 2 aromatic carbocycles. The number of rotatable bonds is 3. The lowest BCUT2D eigenvalue weighted by molar-refractivity contribution is 0.601. The van der Waals surface area contributed by atoms with Crippen molar-refractivity contribution >= 4 is 50.5 Å². The minimum absolute atomic E-state index is 0.0206. The summed E-state index contributed by atoms with van der Waals surface area (Å²) in [5.74, 6) is 0. The van der Waals surface area contributed by atoms with Crippen LogP contribution < -0.4 is 4.72 Å². The topological polar surface area (TPSA) is 46.2 Å². The van der Waals surface area contributed by atoms with Crippen molar-refractivity contribution in [3.05, 3.63) is 57.5 Å². The number of hydrogen-bond acceptors (Lipinski definition) is 2.